The van der Waals surface area contributed by atoms with Gasteiger partial charge in [0.05, 0.1) is 31.9 Å². The normalized spacial score (nSPS) is 10.9. The topological polar surface area (TPSA) is 94.2 Å². The van der Waals surface area contributed by atoms with Crippen LogP contribution >= 0.6 is 0 Å². The van der Waals surface area contributed by atoms with Gasteiger partial charge in [-0.15, -0.1) is 0 Å². The molecule has 0 heterocycles. The van der Waals surface area contributed by atoms with Crippen LogP contribution in [-0.2, 0) is 21.2 Å². The SMILES string of the molecule is COc1ccc(CCCNC(=O)CN(c2ccccc2OC)S(=O)(=O)c2ccccc2)cc1OC. The summed E-state index contributed by atoms with van der Waals surface area (Å²) in [6, 6.07) is 20.4. The summed E-state index contributed by atoms with van der Waals surface area (Å²) in [5.41, 5.74) is 1.33. The summed E-state index contributed by atoms with van der Waals surface area (Å²) in [4.78, 5) is 12.9. The number of hydrogen-bond donors (Lipinski definition) is 1. The van der Waals surface area contributed by atoms with Gasteiger partial charge >= 0.3 is 0 Å². The van der Waals surface area contributed by atoms with Crippen LogP contribution in [0.5, 0.6) is 17.2 Å². The van der Waals surface area contributed by atoms with Gasteiger partial charge in [0.1, 0.15) is 12.3 Å². The van der Waals surface area contributed by atoms with Crippen molar-refractivity contribution in [1.82, 2.24) is 5.32 Å². The second kappa shape index (κ2) is 12.1. The Balaban J connectivity index is 1.69. The van der Waals surface area contributed by atoms with Gasteiger partial charge in [-0.1, -0.05) is 36.4 Å². The maximum absolute atomic E-state index is 13.4. The van der Waals surface area contributed by atoms with E-state index in [1.54, 1.807) is 56.7 Å². The van der Waals surface area contributed by atoms with Crippen molar-refractivity contribution in [3.05, 3.63) is 78.4 Å². The molecule has 0 aliphatic rings. The lowest BCUT2D eigenvalue weighted by Crippen LogP contribution is -2.41. The van der Waals surface area contributed by atoms with Gasteiger partial charge in [0.2, 0.25) is 5.91 Å². The average molecular weight is 499 g/mol. The second-order valence-electron chi connectivity index (χ2n) is 7.64. The van der Waals surface area contributed by atoms with E-state index in [2.05, 4.69) is 5.32 Å². The van der Waals surface area contributed by atoms with E-state index in [1.165, 1.54) is 19.2 Å². The van der Waals surface area contributed by atoms with Crippen LogP contribution in [0.1, 0.15) is 12.0 Å². The molecule has 186 valence electrons. The zero-order valence-corrected chi connectivity index (χ0v) is 20.9. The molecule has 0 saturated carbocycles. The number of hydrogen-bond acceptors (Lipinski definition) is 6. The van der Waals surface area contributed by atoms with Gasteiger partial charge in [0.25, 0.3) is 10.0 Å². The second-order valence-corrected chi connectivity index (χ2v) is 9.50. The first-order valence-corrected chi connectivity index (χ1v) is 12.5. The van der Waals surface area contributed by atoms with Crippen LogP contribution in [0.25, 0.3) is 0 Å². The van der Waals surface area contributed by atoms with Gasteiger partial charge in [-0.2, -0.15) is 0 Å². The van der Waals surface area contributed by atoms with E-state index in [9.17, 15) is 13.2 Å². The van der Waals surface area contributed by atoms with E-state index >= 15 is 0 Å². The maximum Gasteiger partial charge on any atom is 0.264 e. The van der Waals surface area contributed by atoms with Gasteiger partial charge < -0.3 is 19.5 Å². The molecule has 0 aliphatic carbocycles. The highest BCUT2D eigenvalue weighted by molar-refractivity contribution is 7.92. The van der Waals surface area contributed by atoms with E-state index < -0.39 is 15.9 Å². The number of ether oxygens (including phenoxy) is 3. The maximum atomic E-state index is 13.4. The summed E-state index contributed by atoms with van der Waals surface area (Å²) in [7, 11) is 0.621. The number of para-hydroxylation sites is 2. The number of benzene rings is 3. The van der Waals surface area contributed by atoms with Crippen LogP contribution in [0, 0.1) is 0 Å². The zero-order chi connectivity index (χ0) is 25.3. The van der Waals surface area contributed by atoms with Crippen LogP contribution in [0.15, 0.2) is 77.7 Å². The van der Waals surface area contributed by atoms with Crippen LogP contribution in [0.3, 0.4) is 0 Å². The van der Waals surface area contributed by atoms with E-state index in [0.29, 0.717) is 42.3 Å². The predicted octanol–water partition coefficient (Wildman–Crippen LogP) is 3.66. The summed E-state index contributed by atoms with van der Waals surface area (Å²) in [6.45, 7) is 0.00624. The van der Waals surface area contributed by atoms with Crippen LogP contribution in [0.2, 0.25) is 0 Å². The van der Waals surface area contributed by atoms with E-state index in [4.69, 9.17) is 14.2 Å². The molecule has 0 saturated heterocycles. The molecule has 3 aromatic carbocycles. The molecule has 0 spiro atoms. The number of amides is 1. The fourth-order valence-corrected chi connectivity index (χ4v) is 5.05. The molecule has 0 aliphatic heterocycles. The number of rotatable bonds is 12. The Morgan fingerprint density at radius 2 is 1.49 bits per heavy atom. The molecular weight excluding hydrogens is 468 g/mol. The molecule has 35 heavy (non-hydrogen) atoms. The van der Waals surface area contributed by atoms with Crippen molar-refractivity contribution < 1.29 is 27.4 Å². The van der Waals surface area contributed by atoms with Crippen LogP contribution in [-0.4, -0.2) is 48.7 Å². The highest BCUT2D eigenvalue weighted by atomic mass is 32.2. The Bertz CT molecular complexity index is 1230. The highest BCUT2D eigenvalue weighted by Gasteiger charge is 2.29. The number of methoxy groups -OCH3 is 3. The fourth-order valence-electron chi connectivity index (χ4n) is 3.60. The lowest BCUT2D eigenvalue weighted by molar-refractivity contribution is -0.119. The highest BCUT2D eigenvalue weighted by Crippen LogP contribution is 2.32. The lowest BCUT2D eigenvalue weighted by Gasteiger charge is -2.25. The minimum absolute atomic E-state index is 0.0900. The Hall–Kier alpha value is -3.72. The van der Waals surface area contributed by atoms with Gasteiger partial charge in [-0.25, -0.2) is 8.42 Å². The van der Waals surface area contributed by atoms with Crippen LogP contribution < -0.4 is 23.8 Å². The van der Waals surface area contributed by atoms with Crippen LogP contribution in [0.4, 0.5) is 5.69 Å². The third-order valence-electron chi connectivity index (χ3n) is 5.38. The number of nitrogens with zero attached hydrogens (tertiary/aromatic N) is 1. The molecule has 0 fully saturated rings. The van der Waals surface area contributed by atoms with E-state index in [0.717, 1.165) is 9.87 Å². The number of nitrogens with one attached hydrogen (secondary N) is 1. The van der Waals surface area contributed by atoms with Crippen molar-refractivity contribution in [2.75, 3.05) is 38.7 Å². The van der Waals surface area contributed by atoms with Crippen molar-refractivity contribution in [3.8, 4) is 17.2 Å². The number of carbonyl (C=O) groups excluding carboxylic acids is 1. The molecule has 0 unspecified atom stereocenters. The number of anilines is 1. The molecule has 1 amide bonds. The zero-order valence-electron chi connectivity index (χ0n) is 20.1. The molecule has 1 N–H and O–H groups in total. The molecular formula is C26H30N2O6S. The van der Waals surface area contributed by atoms with Crippen molar-refractivity contribution in [2.45, 2.75) is 17.7 Å². The van der Waals surface area contributed by atoms with Crippen molar-refractivity contribution in [1.29, 1.82) is 0 Å². The fraction of sp³-hybridized carbons (Fsp3) is 0.269. The molecule has 3 aromatic rings. The average Bonchev–Trinajstić information content (AvgIpc) is 2.90. The van der Waals surface area contributed by atoms with Crippen molar-refractivity contribution >= 4 is 21.6 Å². The third-order valence-corrected chi connectivity index (χ3v) is 7.16. The Kier molecular flexibility index (Phi) is 8.97. The summed E-state index contributed by atoms with van der Waals surface area (Å²) in [5, 5.41) is 2.82. The monoisotopic (exact) mass is 498 g/mol. The first kappa shape index (κ1) is 25.9. The standard InChI is InChI=1S/C26H30N2O6S/c1-32-23-14-8-7-13-22(23)28(35(30,31)21-11-5-4-6-12-21)19-26(29)27-17-9-10-20-15-16-24(33-2)25(18-20)34-3/h4-8,11-16,18H,9-10,17,19H2,1-3H3,(H,27,29). The third kappa shape index (κ3) is 6.45. The first-order chi connectivity index (χ1) is 16.9. The number of sulfonamides is 1. The summed E-state index contributed by atoms with van der Waals surface area (Å²) >= 11 is 0. The van der Waals surface area contributed by atoms with Crippen molar-refractivity contribution in [3.63, 3.8) is 0 Å². The minimum Gasteiger partial charge on any atom is -0.495 e. The molecule has 0 radical (unpaired) electrons. The molecule has 0 atom stereocenters. The van der Waals surface area contributed by atoms with E-state index in [-0.39, 0.29) is 11.4 Å². The Morgan fingerprint density at radius 3 is 2.17 bits per heavy atom. The Morgan fingerprint density at radius 1 is 0.829 bits per heavy atom. The molecule has 9 heteroatoms. The largest absolute Gasteiger partial charge is 0.495 e. The smallest absolute Gasteiger partial charge is 0.264 e. The predicted molar refractivity (Wildman–Crippen MR) is 135 cm³/mol. The lowest BCUT2D eigenvalue weighted by atomic mass is 10.1. The van der Waals surface area contributed by atoms with E-state index in [1.807, 2.05) is 18.2 Å². The molecule has 0 aromatic heterocycles. The van der Waals surface area contributed by atoms with Crippen molar-refractivity contribution in [2.24, 2.45) is 0 Å². The first-order valence-electron chi connectivity index (χ1n) is 11.1. The quantitative estimate of drug-likeness (QED) is 0.383. The van der Waals surface area contributed by atoms with Gasteiger partial charge in [-0.3, -0.25) is 9.10 Å². The van der Waals surface area contributed by atoms with Gasteiger partial charge in [0, 0.05) is 6.54 Å². The number of carbonyl (C=O) groups is 1. The molecule has 8 nitrogen and oxygen atoms in total. The summed E-state index contributed by atoms with van der Waals surface area (Å²) in [6.07, 6.45) is 1.38. The summed E-state index contributed by atoms with van der Waals surface area (Å²) in [5.74, 6) is 1.24. The Labute approximate surface area is 206 Å². The molecule has 0 bridgehead atoms. The van der Waals surface area contributed by atoms with Gasteiger partial charge in [-0.05, 0) is 54.8 Å². The summed E-state index contributed by atoms with van der Waals surface area (Å²) < 4.78 is 43.9. The number of aryl methyl sites for hydroxylation is 1. The molecule has 3 rings (SSSR count). The minimum atomic E-state index is -4.00. The van der Waals surface area contributed by atoms with Gasteiger partial charge in [0.15, 0.2) is 11.5 Å².